The second-order valence-electron chi connectivity index (χ2n) is 4.48. The average molecular weight is 256 g/mol. The van der Waals surface area contributed by atoms with Crippen LogP contribution >= 0.6 is 0 Å². The van der Waals surface area contributed by atoms with Gasteiger partial charge in [0, 0.05) is 36.8 Å². The van der Waals surface area contributed by atoms with Gasteiger partial charge in [-0.2, -0.15) is 5.10 Å². The Morgan fingerprint density at radius 3 is 2.68 bits per heavy atom. The van der Waals surface area contributed by atoms with Crippen molar-refractivity contribution in [3.05, 3.63) is 48.3 Å². The summed E-state index contributed by atoms with van der Waals surface area (Å²) in [6.07, 6.45) is 7.01. The Balaban J connectivity index is 2.17. The summed E-state index contributed by atoms with van der Waals surface area (Å²) in [6, 6.07) is 3.04. The van der Waals surface area contributed by atoms with Gasteiger partial charge in [-0.15, -0.1) is 0 Å². The molecule has 5 heteroatoms. The molecule has 0 aliphatic heterocycles. The van der Waals surface area contributed by atoms with Crippen molar-refractivity contribution in [2.75, 3.05) is 0 Å². The first-order valence-electron chi connectivity index (χ1n) is 5.94. The summed E-state index contributed by atoms with van der Waals surface area (Å²) in [4.78, 5) is 7.18. The van der Waals surface area contributed by atoms with Crippen molar-refractivity contribution in [2.24, 2.45) is 7.05 Å². The first kappa shape index (κ1) is 11.6. The number of rotatable bonds is 2. The summed E-state index contributed by atoms with van der Waals surface area (Å²) in [5.74, 6) is -0.348. The molecule has 0 bridgehead atoms. The summed E-state index contributed by atoms with van der Waals surface area (Å²) in [6.45, 7) is 2.03. The van der Waals surface area contributed by atoms with Crippen LogP contribution in [0.2, 0.25) is 0 Å². The van der Waals surface area contributed by atoms with E-state index in [1.807, 2.05) is 32.6 Å². The largest absolute Gasteiger partial charge is 0.367 e. The zero-order valence-corrected chi connectivity index (χ0v) is 10.7. The summed E-state index contributed by atoms with van der Waals surface area (Å²) >= 11 is 0. The third kappa shape index (κ3) is 2.03. The Bertz CT molecular complexity index is 709. The van der Waals surface area contributed by atoms with Crippen molar-refractivity contribution in [1.29, 1.82) is 0 Å². The van der Waals surface area contributed by atoms with Gasteiger partial charge in [0.25, 0.3) is 0 Å². The molecular weight excluding hydrogens is 243 g/mol. The van der Waals surface area contributed by atoms with Gasteiger partial charge in [0.1, 0.15) is 11.5 Å². The van der Waals surface area contributed by atoms with E-state index in [2.05, 4.69) is 15.1 Å². The van der Waals surface area contributed by atoms with Crippen molar-refractivity contribution < 1.29 is 4.39 Å². The molecule has 0 fully saturated rings. The van der Waals surface area contributed by atoms with Gasteiger partial charge in [0.2, 0.25) is 0 Å². The Morgan fingerprint density at radius 2 is 2.05 bits per heavy atom. The lowest BCUT2D eigenvalue weighted by Gasteiger charge is -2.01. The summed E-state index contributed by atoms with van der Waals surface area (Å²) in [5.41, 5.74) is 4.62. The first-order valence-corrected chi connectivity index (χ1v) is 5.94. The number of aryl methyl sites for hydroxylation is 2. The Kier molecular flexibility index (Phi) is 2.67. The number of halogens is 1. The number of nitrogens with one attached hydrogen (secondary N) is 1. The van der Waals surface area contributed by atoms with Gasteiger partial charge in [-0.25, -0.2) is 4.39 Å². The summed E-state index contributed by atoms with van der Waals surface area (Å²) in [7, 11) is 1.86. The lowest BCUT2D eigenvalue weighted by Crippen LogP contribution is -1.90. The number of nitrogens with zero attached hydrogens (tertiary/aromatic N) is 3. The molecule has 3 rings (SSSR count). The highest BCUT2D eigenvalue weighted by molar-refractivity contribution is 5.80. The fourth-order valence-corrected chi connectivity index (χ4v) is 2.12. The van der Waals surface area contributed by atoms with Crippen LogP contribution in [0.3, 0.4) is 0 Å². The molecule has 0 spiro atoms. The second kappa shape index (κ2) is 4.35. The molecule has 0 saturated carbocycles. The molecule has 0 unspecified atom stereocenters. The molecule has 19 heavy (non-hydrogen) atoms. The molecule has 0 amide bonds. The molecule has 0 radical (unpaired) electrons. The fourth-order valence-electron chi connectivity index (χ4n) is 2.12. The van der Waals surface area contributed by atoms with Crippen LogP contribution in [0, 0.1) is 12.7 Å². The predicted octanol–water partition coefficient (Wildman–Crippen LogP) is 2.92. The molecule has 3 aromatic rings. The van der Waals surface area contributed by atoms with Crippen LogP contribution in [-0.2, 0) is 7.05 Å². The average Bonchev–Trinajstić information content (AvgIpc) is 2.96. The van der Waals surface area contributed by atoms with Gasteiger partial charge in [-0.05, 0) is 24.6 Å². The van der Waals surface area contributed by atoms with E-state index in [0.29, 0.717) is 5.69 Å². The highest BCUT2D eigenvalue weighted by atomic mass is 19.1. The van der Waals surface area contributed by atoms with Gasteiger partial charge >= 0.3 is 0 Å². The minimum absolute atomic E-state index is 0.348. The SMILES string of the molecule is Cc1c[nH]cc1-c1cn(C)nc1-c1ccc(F)cn1. The zero-order chi connectivity index (χ0) is 13.4. The molecule has 3 aromatic heterocycles. The maximum Gasteiger partial charge on any atom is 0.141 e. The van der Waals surface area contributed by atoms with E-state index >= 15 is 0 Å². The molecule has 3 heterocycles. The number of aromatic nitrogens is 4. The Hall–Kier alpha value is -2.43. The molecule has 0 saturated heterocycles. The van der Waals surface area contributed by atoms with Gasteiger partial charge in [-0.1, -0.05) is 0 Å². The van der Waals surface area contributed by atoms with Gasteiger partial charge in [-0.3, -0.25) is 9.67 Å². The quantitative estimate of drug-likeness (QED) is 0.766. The van der Waals surface area contributed by atoms with E-state index in [0.717, 1.165) is 22.4 Å². The van der Waals surface area contributed by atoms with E-state index in [4.69, 9.17) is 0 Å². The van der Waals surface area contributed by atoms with Crippen LogP contribution in [0.25, 0.3) is 22.5 Å². The normalized spacial score (nSPS) is 10.9. The Labute approximate surface area is 109 Å². The van der Waals surface area contributed by atoms with Crippen LogP contribution in [0.1, 0.15) is 5.56 Å². The van der Waals surface area contributed by atoms with Crippen molar-refractivity contribution >= 4 is 0 Å². The van der Waals surface area contributed by atoms with E-state index < -0.39 is 0 Å². The van der Waals surface area contributed by atoms with Crippen LogP contribution in [0.5, 0.6) is 0 Å². The lowest BCUT2D eigenvalue weighted by atomic mass is 10.0. The molecule has 0 aliphatic carbocycles. The first-order chi connectivity index (χ1) is 9.15. The van der Waals surface area contributed by atoms with Crippen LogP contribution in [0.15, 0.2) is 36.9 Å². The van der Waals surface area contributed by atoms with E-state index in [-0.39, 0.29) is 5.82 Å². The van der Waals surface area contributed by atoms with Crippen LogP contribution in [0.4, 0.5) is 4.39 Å². The van der Waals surface area contributed by atoms with Crippen molar-refractivity contribution in [1.82, 2.24) is 19.7 Å². The molecule has 4 nitrogen and oxygen atoms in total. The molecular formula is C14H13FN4. The topological polar surface area (TPSA) is 46.5 Å². The van der Waals surface area contributed by atoms with Crippen molar-refractivity contribution in [2.45, 2.75) is 6.92 Å². The fraction of sp³-hybridized carbons (Fsp3) is 0.143. The van der Waals surface area contributed by atoms with Crippen LogP contribution < -0.4 is 0 Å². The van der Waals surface area contributed by atoms with Gasteiger partial charge < -0.3 is 4.98 Å². The van der Waals surface area contributed by atoms with Crippen LogP contribution in [-0.4, -0.2) is 19.7 Å². The smallest absolute Gasteiger partial charge is 0.141 e. The van der Waals surface area contributed by atoms with E-state index in [1.54, 1.807) is 10.7 Å². The molecule has 1 N–H and O–H groups in total. The third-order valence-electron chi connectivity index (χ3n) is 3.04. The number of hydrogen-bond acceptors (Lipinski definition) is 2. The number of aromatic amines is 1. The third-order valence-corrected chi connectivity index (χ3v) is 3.04. The van der Waals surface area contributed by atoms with Crippen molar-refractivity contribution in [3.63, 3.8) is 0 Å². The lowest BCUT2D eigenvalue weighted by molar-refractivity contribution is 0.621. The van der Waals surface area contributed by atoms with Gasteiger partial charge in [0.05, 0.1) is 11.9 Å². The second-order valence-corrected chi connectivity index (χ2v) is 4.48. The highest BCUT2D eigenvalue weighted by Crippen LogP contribution is 2.31. The summed E-state index contributed by atoms with van der Waals surface area (Å²) in [5, 5.41) is 4.43. The number of H-pyrrole nitrogens is 1. The molecule has 96 valence electrons. The predicted molar refractivity (Wildman–Crippen MR) is 70.9 cm³/mol. The minimum Gasteiger partial charge on any atom is -0.367 e. The zero-order valence-electron chi connectivity index (χ0n) is 10.7. The van der Waals surface area contributed by atoms with E-state index in [9.17, 15) is 4.39 Å². The molecule has 0 atom stereocenters. The van der Waals surface area contributed by atoms with Gasteiger partial charge in [0.15, 0.2) is 0 Å². The van der Waals surface area contributed by atoms with Crippen molar-refractivity contribution in [3.8, 4) is 22.5 Å². The standard InChI is InChI=1S/C14H13FN4/c1-9-5-16-7-11(9)12-8-19(2)18-14(12)13-4-3-10(15)6-17-13/h3-8,16H,1-2H3. The number of pyridine rings is 1. The maximum absolute atomic E-state index is 13.0. The molecule has 0 aliphatic rings. The summed E-state index contributed by atoms with van der Waals surface area (Å²) < 4.78 is 14.7. The Morgan fingerprint density at radius 1 is 1.21 bits per heavy atom. The number of hydrogen-bond donors (Lipinski definition) is 1. The van der Waals surface area contributed by atoms with E-state index in [1.165, 1.54) is 12.3 Å². The minimum atomic E-state index is -0.348. The maximum atomic E-state index is 13.0. The highest BCUT2D eigenvalue weighted by Gasteiger charge is 2.15. The molecule has 0 aromatic carbocycles. The monoisotopic (exact) mass is 256 g/mol.